The van der Waals surface area contributed by atoms with Gasteiger partial charge in [0.05, 0.1) is 5.69 Å². The van der Waals surface area contributed by atoms with E-state index in [2.05, 4.69) is 4.98 Å². The van der Waals surface area contributed by atoms with Gasteiger partial charge in [-0.25, -0.2) is 4.39 Å². The summed E-state index contributed by atoms with van der Waals surface area (Å²) in [6.45, 7) is 1.87. The van der Waals surface area contributed by atoms with Crippen molar-refractivity contribution >= 4 is 12.2 Å². The number of benzene rings is 1. The first-order chi connectivity index (χ1) is 6.70. The van der Waals surface area contributed by atoms with Crippen molar-refractivity contribution in [3.8, 4) is 5.69 Å². The molecule has 0 aliphatic carbocycles. The lowest BCUT2D eigenvalue weighted by Gasteiger charge is -2.05. The summed E-state index contributed by atoms with van der Waals surface area (Å²) in [4.78, 5) is 2.87. The van der Waals surface area contributed by atoms with Crippen molar-refractivity contribution in [3.63, 3.8) is 0 Å². The number of para-hydroxylation sites is 1. The molecule has 1 N–H and O–H groups in total. The molecule has 14 heavy (non-hydrogen) atoms. The first kappa shape index (κ1) is 9.15. The van der Waals surface area contributed by atoms with E-state index in [1.54, 1.807) is 29.0 Å². The van der Waals surface area contributed by atoms with Crippen molar-refractivity contribution in [2.75, 3.05) is 0 Å². The number of aromatic nitrogens is 2. The molecule has 4 heteroatoms. The van der Waals surface area contributed by atoms with E-state index in [0.29, 0.717) is 10.5 Å². The van der Waals surface area contributed by atoms with Crippen LogP contribution in [0.4, 0.5) is 4.39 Å². The molecule has 0 amide bonds. The van der Waals surface area contributed by atoms with Gasteiger partial charge >= 0.3 is 0 Å². The summed E-state index contributed by atoms with van der Waals surface area (Å²) < 4.78 is 15.6. The van der Waals surface area contributed by atoms with Gasteiger partial charge in [-0.1, -0.05) is 12.1 Å². The highest BCUT2D eigenvalue weighted by atomic mass is 32.1. The van der Waals surface area contributed by atoms with Crippen molar-refractivity contribution in [1.82, 2.24) is 9.55 Å². The fraction of sp³-hybridized carbons (Fsp3) is 0.100. The number of aromatic amines is 1. The number of nitrogens with one attached hydrogen (secondary N) is 1. The smallest absolute Gasteiger partial charge is 0.182 e. The molecule has 0 unspecified atom stereocenters. The maximum absolute atomic E-state index is 13.4. The third kappa shape index (κ3) is 1.37. The van der Waals surface area contributed by atoms with Gasteiger partial charge in [0.25, 0.3) is 0 Å². The van der Waals surface area contributed by atoms with Crippen LogP contribution in [-0.4, -0.2) is 9.55 Å². The van der Waals surface area contributed by atoms with Crippen LogP contribution in [0.25, 0.3) is 5.69 Å². The van der Waals surface area contributed by atoms with Gasteiger partial charge < -0.3 is 4.98 Å². The molecule has 0 saturated heterocycles. The van der Waals surface area contributed by atoms with E-state index < -0.39 is 0 Å². The fourth-order valence-electron chi connectivity index (χ4n) is 1.39. The van der Waals surface area contributed by atoms with Crippen LogP contribution in [0.15, 0.2) is 30.5 Å². The highest BCUT2D eigenvalue weighted by Crippen LogP contribution is 2.15. The Morgan fingerprint density at radius 1 is 1.36 bits per heavy atom. The minimum Gasteiger partial charge on any atom is -0.337 e. The van der Waals surface area contributed by atoms with E-state index in [-0.39, 0.29) is 5.82 Å². The van der Waals surface area contributed by atoms with Crippen LogP contribution < -0.4 is 0 Å². The molecule has 2 nitrogen and oxygen atoms in total. The van der Waals surface area contributed by atoms with E-state index in [4.69, 9.17) is 12.2 Å². The van der Waals surface area contributed by atoms with Crippen molar-refractivity contribution < 1.29 is 4.39 Å². The Hall–Kier alpha value is -1.42. The van der Waals surface area contributed by atoms with Crippen LogP contribution >= 0.6 is 12.2 Å². The van der Waals surface area contributed by atoms with Gasteiger partial charge in [0.2, 0.25) is 0 Å². The van der Waals surface area contributed by atoms with Crippen LogP contribution in [0.1, 0.15) is 5.69 Å². The lowest BCUT2D eigenvalue weighted by molar-refractivity contribution is 0.616. The van der Waals surface area contributed by atoms with Crippen LogP contribution in [-0.2, 0) is 0 Å². The number of rotatable bonds is 1. The Balaban J connectivity index is 2.72. The molecule has 1 heterocycles. The maximum atomic E-state index is 13.4. The van der Waals surface area contributed by atoms with Crippen molar-refractivity contribution in [3.05, 3.63) is 46.7 Å². The monoisotopic (exact) mass is 208 g/mol. The van der Waals surface area contributed by atoms with E-state index in [0.717, 1.165) is 5.69 Å². The van der Waals surface area contributed by atoms with E-state index in [1.807, 2.05) is 6.92 Å². The Morgan fingerprint density at radius 3 is 2.64 bits per heavy atom. The van der Waals surface area contributed by atoms with Gasteiger partial charge in [-0.2, -0.15) is 0 Å². The molecule has 1 aromatic heterocycles. The van der Waals surface area contributed by atoms with Crippen LogP contribution in [0.2, 0.25) is 0 Å². The zero-order valence-electron chi connectivity index (χ0n) is 7.62. The Kier molecular flexibility index (Phi) is 2.21. The average Bonchev–Trinajstić information content (AvgIpc) is 2.48. The van der Waals surface area contributed by atoms with E-state index in [1.165, 1.54) is 6.07 Å². The summed E-state index contributed by atoms with van der Waals surface area (Å²) in [5.74, 6) is -0.272. The van der Waals surface area contributed by atoms with Crippen molar-refractivity contribution in [2.45, 2.75) is 6.92 Å². The van der Waals surface area contributed by atoms with Crippen LogP contribution in [0.5, 0.6) is 0 Å². The number of nitrogens with zero attached hydrogens (tertiary/aromatic N) is 1. The summed E-state index contributed by atoms with van der Waals surface area (Å²) in [6.07, 6.45) is 1.76. The Labute approximate surface area is 86.0 Å². The lowest BCUT2D eigenvalue weighted by atomic mass is 10.3. The Bertz CT molecular complexity index is 513. The molecule has 0 aliphatic rings. The molecular weight excluding hydrogens is 199 g/mol. The number of halogens is 1. The second-order valence-corrected chi connectivity index (χ2v) is 3.41. The molecule has 0 saturated carbocycles. The molecule has 0 radical (unpaired) electrons. The topological polar surface area (TPSA) is 20.7 Å². The maximum Gasteiger partial charge on any atom is 0.182 e. The summed E-state index contributed by atoms with van der Waals surface area (Å²) in [7, 11) is 0. The van der Waals surface area contributed by atoms with Gasteiger partial charge in [0.1, 0.15) is 5.82 Å². The number of H-pyrrole nitrogens is 1. The molecule has 0 aliphatic heterocycles. The molecule has 2 rings (SSSR count). The third-order valence-electron chi connectivity index (χ3n) is 2.05. The third-order valence-corrected chi connectivity index (χ3v) is 2.35. The zero-order chi connectivity index (χ0) is 10.1. The lowest BCUT2D eigenvalue weighted by Crippen LogP contribution is -1.99. The molecule has 0 bridgehead atoms. The highest BCUT2D eigenvalue weighted by molar-refractivity contribution is 7.71. The summed E-state index contributed by atoms with van der Waals surface area (Å²) in [5, 5.41) is 0. The minimum absolute atomic E-state index is 0.272. The molecule has 2 aromatic rings. The van der Waals surface area contributed by atoms with Crippen LogP contribution in [0.3, 0.4) is 0 Å². The molecule has 1 aromatic carbocycles. The molecule has 72 valence electrons. The number of hydrogen-bond acceptors (Lipinski definition) is 1. The summed E-state index contributed by atoms with van der Waals surface area (Å²) in [5.41, 5.74) is 1.37. The number of aryl methyl sites for hydroxylation is 1. The predicted octanol–water partition coefficient (Wildman–Crippen LogP) is 2.98. The summed E-state index contributed by atoms with van der Waals surface area (Å²) >= 11 is 5.06. The Morgan fingerprint density at radius 2 is 2.07 bits per heavy atom. The highest BCUT2D eigenvalue weighted by Gasteiger charge is 2.06. The SMILES string of the molecule is Cc1c[nH]c(=S)n1-c1ccccc1F. The second kappa shape index (κ2) is 3.38. The van der Waals surface area contributed by atoms with Gasteiger partial charge in [-0.3, -0.25) is 4.57 Å². The number of imidazole rings is 1. The second-order valence-electron chi connectivity index (χ2n) is 3.02. The standard InChI is InChI=1S/C10H9FN2S/c1-7-6-12-10(14)13(7)9-5-3-2-4-8(9)11/h2-6H,1H3,(H,12,14). The van der Waals surface area contributed by atoms with Crippen molar-refractivity contribution in [1.29, 1.82) is 0 Å². The molecule has 0 spiro atoms. The first-order valence-corrected chi connectivity index (χ1v) is 4.63. The molecular formula is C10H9FN2S. The first-order valence-electron chi connectivity index (χ1n) is 4.22. The largest absolute Gasteiger partial charge is 0.337 e. The normalized spacial score (nSPS) is 10.4. The molecule has 0 fully saturated rings. The summed E-state index contributed by atoms with van der Waals surface area (Å²) in [6, 6.07) is 6.56. The van der Waals surface area contributed by atoms with E-state index >= 15 is 0 Å². The van der Waals surface area contributed by atoms with Gasteiger partial charge in [0.15, 0.2) is 4.77 Å². The fourth-order valence-corrected chi connectivity index (χ4v) is 1.69. The van der Waals surface area contributed by atoms with Crippen molar-refractivity contribution in [2.24, 2.45) is 0 Å². The van der Waals surface area contributed by atoms with E-state index in [9.17, 15) is 4.39 Å². The minimum atomic E-state index is -0.272. The molecule has 0 atom stereocenters. The predicted molar refractivity (Wildman–Crippen MR) is 55.6 cm³/mol. The van der Waals surface area contributed by atoms with Gasteiger partial charge in [0, 0.05) is 11.9 Å². The average molecular weight is 208 g/mol. The zero-order valence-corrected chi connectivity index (χ0v) is 8.44. The quantitative estimate of drug-likeness (QED) is 0.714. The van der Waals surface area contributed by atoms with Gasteiger partial charge in [-0.05, 0) is 31.3 Å². The number of hydrogen-bond donors (Lipinski definition) is 1. The van der Waals surface area contributed by atoms with Gasteiger partial charge in [-0.15, -0.1) is 0 Å². The van der Waals surface area contributed by atoms with Crippen LogP contribution in [0, 0.1) is 17.5 Å².